The summed E-state index contributed by atoms with van der Waals surface area (Å²) < 4.78 is 16.8. The van der Waals surface area contributed by atoms with Gasteiger partial charge in [0, 0.05) is 25.2 Å². The second-order valence-corrected chi connectivity index (χ2v) is 5.94. The standard InChI is InChI=1S/C18H22N6O3/c1-25-14-4-2-3-12(15-13(11-19)17(20)23-18(21)22-15)16(14)27-10-7-24-5-8-26-9-6-24/h2-4H,5-10H2,1H3,(H4,20,21,22,23). The first kappa shape index (κ1) is 18.7. The van der Waals surface area contributed by atoms with Gasteiger partial charge in [0.1, 0.15) is 24.1 Å². The van der Waals surface area contributed by atoms with Crippen LogP contribution in [0.25, 0.3) is 11.3 Å². The van der Waals surface area contributed by atoms with Crippen molar-refractivity contribution in [1.29, 1.82) is 5.26 Å². The van der Waals surface area contributed by atoms with E-state index in [0.717, 1.165) is 32.8 Å². The van der Waals surface area contributed by atoms with Crippen LogP contribution >= 0.6 is 0 Å². The van der Waals surface area contributed by atoms with Gasteiger partial charge in [0.25, 0.3) is 0 Å². The summed E-state index contributed by atoms with van der Waals surface area (Å²) in [6.45, 7) is 4.40. The van der Waals surface area contributed by atoms with Gasteiger partial charge < -0.3 is 25.7 Å². The van der Waals surface area contributed by atoms with Gasteiger partial charge in [0.15, 0.2) is 11.5 Å². The Hall–Kier alpha value is -3.09. The van der Waals surface area contributed by atoms with E-state index in [1.165, 1.54) is 0 Å². The molecule has 9 nitrogen and oxygen atoms in total. The molecule has 1 saturated heterocycles. The molecule has 0 spiro atoms. The molecule has 0 amide bonds. The maximum atomic E-state index is 9.47. The summed E-state index contributed by atoms with van der Waals surface area (Å²) in [6.07, 6.45) is 0. The molecule has 1 fully saturated rings. The van der Waals surface area contributed by atoms with E-state index in [2.05, 4.69) is 14.9 Å². The van der Waals surface area contributed by atoms with Crippen LogP contribution in [0.15, 0.2) is 18.2 Å². The van der Waals surface area contributed by atoms with Crippen molar-refractivity contribution in [3.05, 3.63) is 23.8 Å². The van der Waals surface area contributed by atoms with Gasteiger partial charge in [-0.1, -0.05) is 6.07 Å². The smallest absolute Gasteiger partial charge is 0.222 e. The van der Waals surface area contributed by atoms with Crippen LogP contribution in [0, 0.1) is 11.3 Å². The van der Waals surface area contributed by atoms with Crippen LogP contribution in [0.5, 0.6) is 11.5 Å². The van der Waals surface area contributed by atoms with E-state index in [9.17, 15) is 5.26 Å². The third kappa shape index (κ3) is 4.19. The third-order valence-corrected chi connectivity index (χ3v) is 4.28. The number of rotatable bonds is 6. The van der Waals surface area contributed by atoms with Crippen molar-refractivity contribution in [2.75, 3.05) is 58.0 Å². The Labute approximate surface area is 157 Å². The van der Waals surface area contributed by atoms with E-state index in [-0.39, 0.29) is 17.3 Å². The fourth-order valence-corrected chi connectivity index (χ4v) is 2.91. The Morgan fingerprint density at radius 1 is 1.26 bits per heavy atom. The molecule has 27 heavy (non-hydrogen) atoms. The summed E-state index contributed by atoms with van der Waals surface area (Å²) in [5.74, 6) is 1.04. The van der Waals surface area contributed by atoms with Gasteiger partial charge in [0.05, 0.1) is 26.0 Å². The fraction of sp³-hybridized carbons (Fsp3) is 0.389. The molecule has 0 saturated carbocycles. The normalized spacial score (nSPS) is 14.5. The number of para-hydroxylation sites is 1. The van der Waals surface area contributed by atoms with Gasteiger partial charge >= 0.3 is 0 Å². The molecule has 1 aliphatic rings. The van der Waals surface area contributed by atoms with E-state index < -0.39 is 0 Å². The zero-order valence-corrected chi connectivity index (χ0v) is 15.1. The highest BCUT2D eigenvalue weighted by molar-refractivity contribution is 5.79. The first-order chi connectivity index (χ1) is 13.1. The highest BCUT2D eigenvalue weighted by Gasteiger charge is 2.20. The minimum absolute atomic E-state index is 0.0106. The maximum Gasteiger partial charge on any atom is 0.222 e. The van der Waals surface area contributed by atoms with Crippen LogP contribution in [0.4, 0.5) is 11.8 Å². The molecule has 1 aromatic heterocycles. The summed E-state index contributed by atoms with van der Waals surface area (Å²) in [4.78, 5) is 10.3. The monoisotopic (exact) mass is 370 g/mol. The molecule has 9 heteroatoms. The van der Waals surface area contributed by atoms with Crippen LogP contribution in [0.1, 0.15) is 5.56 Å². The van der Waals surface area contributed by atoms with E-state index >= 15 is 0 Å². The minimum atomic E-state index is -0.0106. The average molecular weight is 370 g/mol. The molecule has 1 aromatic carbocycles. The number of methoxy groups -OCH3 is 1. The van der Waals surface area contributed by atoms with Gasteiger partial charge in [0.2, 0.25) is 5.95 Å². The predicted octanol–water partition coefficient (Wildman–Crippen LogP) is 0.899. The van der Waals surface area contributed by atoms with Crippen molar-refractivity contribution in [1.82, 2.24) is 14.9 Å². The molecule has 2 heterocycles. The summed E-state index contributed by atoms with van der Waals surface area (Å²) >= 11 is 0. The fourth-order valence-electron chi connectivity index (χ4n) is 2.91. The Morgan fingerprint density at radius 2 is 2.04 bits per heavy atom. The number of morpholine rings is 1. The summed E-state index contributed by atoms with van der Waals surface area (Å²) in [6, 6.07) is 7.40. The van der Waals surface area contributed by atoms with Crippen molar-refractivity contribution in [2.45, 2.75) is 0 Å². The quantitative estimate of drug-likeness (QED) is 0.760. The predicted molar refractivity (Wildman–Crippen MR) is 100 cm³/mol. The first-order valence-electron chi connectivity index (χ1n) is 8.57. The van der Waals surface area contributed by atoms with Crippen molar-refractivity contribution in [3.8, 4) is 28.8 Å². The number of benzene rings is 1. The number of aromatic nitrogens is 2. The maximum absolute atomic E-state index is 9.47. The molecule has 2 aromatic rings. The highest BCUT2D eigenvalue weighted by Crippen LogP contribution is 2.39. The van der Waals surface area contributed by atoms with Crippen molar-refractivity contribution < 1.29 is 14.2 Å². The molecule has 142 valence electrons. The Morgan fingerprint density at radius 3 is 2.74 bits per heavy atom. The lowest BCUT2D eigenvalue weighted by Crippen LogP contribution is -2.38. The SMILES string of the molecule is COc1cccc(-c2nc(N)nc(N)c2C#N)c1OCCN1CCOCC1. The lowest BCUT2D eigenvalue weighted by molar-refractivity contribution is 0.0321. The number of ether oxygens (including phenoxy) is 3. The number of nitriles is 1. The number of anilines is 2. The largest absolute Gasteiger partial charge is 0.493 e. The number of nitrogens with two attached hydrogens (primary N) is 2. The Kier molecular flexibility index (Phi) is 5.90. The number of nitrogens with zero attached hydrogens (tertiary/aromatic N) is 4. The molecule has 0 radical (unpaired) electrons. The molecular weight excluding hydrogens is 348 g/mol. The Balaban J connectivity index is 1.91. The van der Waals surface area contributed by atoms with Crippen LogP contribution < -0.4 is 20.9 Å². The summed E-state index contributed by atoms with van der Waals surface area (Å²) in [5.41, 5.74) is 12.6. The number of hydrogen-bond donors (Lipinski definition) is 2. The van der Waals surface area contributed by atoms with Gasteiger partial charge in [-0.2, -0.15) is 10.2 Å². The van der Waals surface area contributed by atoms with E-state index in [1.807, 2.05) is 6.07 Å². The lowest BCUT2D eigenvalue weighted by Gasteiger charge is -2.26. The van der Waals surface area contributed by atoms with Crippen LogP contribution in [-0.4, -0.2) is 61.4 Å². The minimum Gasteiger partial charge on any atom is -0.493 e. The first-order valence-corrected chi connectivity index (χ1v) is 8.57. The highest BCUT2D eigenvalue weighted by atomic mass is 16.5. The molecule has 4 N–H and O–H groups in total. The number of nitrogen functional groups attached to an aromatic ring is 2. The van der Waals surface area contributed by atoms with Gasteiger partial charge in [-0.3, -0.25) is 4.90 Å². The van der Waals surface area contributed by atoms with E-state index in [1.54, 1.807) is 25.3 Å². The van der Waals surface area contributed by atoms with Crippen LogP contribution in [0.3, 0.4) is 0 Å². The van der Waals surface area contributed by atoms with Crippen molar-refractivity contribution >= 4 is 11.8 Å². The number of hydrogen-bond acceptors (Lipinski definition) is 9. The van der Waals surface area contributed by atoms with Gasteiger partial charge in [-0.05, 0) is 12.1 Å². The molecule has 0 aliphatic carbocycles. The summed E-state index contributed by atoms with van der Waals surface area (Å²) in [7, 11) is 1.56. The third-order valence-electron chi connectivity index (χ3n) is 4.28. The zero-order chi connectivity index (χ0) is 19.2. The topological polar surface area (TPSA) is 133 Å². The van der Waals surface area contributed by atoms with E-state index in [0.29, 0.717) is 29.4 Å². The molecular formula is C18H22N6O3. The van der Waals surface area contributed by atoms with Crippen LogP contribution in [-0.2, 0) is 4.74 Å². The molecule has 0 unspecified atom stereocenters. The van der Waals surface area contributed by atoms with Crippen LogP contribution in [0.2, 0.25) is 0 Å². The molecule has 3 rings (SSSR count). The zero-order valence-electron chi connectivity index (χ0n) is 15.1. The lowest BCUT2D eigenvalue weighted by atomic mass is 10.1. The van der Waals surface area contributed by atoms with Crippen molar-refractivity contribution in [2.24, 2.45) is 0 Å². The Bertz CT molecular complexity index is 846. The summed E-state index contributed by atoms with van der Waals surface area (Å²) in [5, 5.41) is 9.47. The van der Waals surface area contributed by atoms with Crippen molar-refractivity contribution in [3.63, 3.8) is 0 Å². The van der Waals surface area contributed by atoms with E-state index in [4.69, 9.17) is 25.7 Å². The van der Waals surface area contributed by atoms with Gasteiger partial charge in [-0.15, -0.1) is 0 Å². The second-order valence-electron chi connectivity index (χ2n) is 5.94. The molecule has 0 bridgehead atoms. The van der Waals surface area contributed by atoms with Gasteiger partial charge in [-0.25, -0.2) is 4.98 Å². The molecule has 0 atom stereocenters. The molecule has 1 aliphatic heterocycles. The average Bonchev–Trinajstić information content (AvgIpc) is 2.68. The second kappa shape index (κ2) is 8.53.